The van der Waals surface area contributed by atoms with Crippen LogP contribution in [0.5, 0.6) is 0 Å². The summed E-state index contributed by atoms with van der Waals surface area (Å²) >= 11 is 0. The van der Waals surface area contributed by atoms with Gasteiger partial charge in [0.25, 0.3) is 0 Å². The number of benzene rings is 1. The summed E-state index contributed by atoms with van der Waals surface area (Å²) in [6.07, 6.45) is -1.13. The minimum absolute atomic E-state index is 0.0248. The van der Waals surface area contributed by atoms with Crippen molar-refractivity contribution < 1.29 is 13.2 Å². The Bertz CT molecular complexity index is 617. The molecule has 0 spiro atoms. The van der Waals surface area contributed by atoms with Crippen LogP contribution in [0.2, 0.25) is 0 Å². The molecule has 1 aromatic heterocycles. The monoisotopic (exact) mass is 297 g/mol. The number of alkyl halides is 3. The lowest BCUT2D eigenvalue weighted by Crippen LogP contribution is -2.22. The lowest BCUT2D eigenvalue weighted by molar-refractivity contribution is -0.137. The lowest BCUT2D eigenvalue weighted by Gasteiger charge is -2.14. The normalized spacial score (nSPS) is 13.4. The molecule has 1 atom stereocenters. The molecule has 1 unspecified atom stereocenters. The zero-order valence-corrected chi connectivity index (χ0v) is 12.0. The van der Waals surface area contributed by atoms with Crippen LogP contribution in [0.3, 0.4) is 0 Å². The van der Waals surface area contributed by atoms with Crippen molar-refractivity contribution in [2.45, 2.75) is 38.9 Å². The van der Waals surface area contributed by atoms with Gasteiger partial charge in [-0.05, 0) is 31.4 Å². The van der Waals surface area contributed by atoms with Crippen molar-refractivity contribution in [2.24, 2.45) is 5.73 Å². The minimum Gasteiger partial charge on any atom is -0.327 e. The minimum atomic E-state index is -4.39. The third kappa shape index (κ3) is 3.64. The summed E-state index contributed by atoms with van der Waals surface area (Å²) in [5.74, 6) is 0. The number of nitrogens with zero attached hydrogens (tertiary/aromatic N) is 2. The Morgan fingerprint density at radius 2 is 2.05 bits per heavy atom. The molecular formula is C15H18F3N3. The van der Waals surface area contributed by atoms with E-state index < -0.39 is 11.7 Å². The second kappa shape index (κ2) is 5.89. The molecule has 0 saturated heterocycles. The van der Waals surface area contributed by atoms with Crippen LogP contribution < -0.4 is 5.73 Å². The predicted octanol–water partition coefficient (Wildman–Crippen LogP) is 3.48. The molecule has 0 aliphatic rings. The molecule has 1 aromatic carbocycles. The molecule has 114 valence electrons. The molecule has 2 N–H and O–H groups in total. The SMILES string of the molecule is CCC(N)Cc1cc(C)ccc1-n1cc(C(F)(F)F)cn1. The van der Waals surface area contributed by atoms with Crippen molar-refractivity contribution in [3.63, 3.8) is 0 Å². The van der Waals surface area contributed by atoms with Gasteiger partial charge >= 0.3 is 6.18 Å². The van der Waals surface area contributed by atoms with Crippen LogP contribution in [0, 0.1) is 6.92 Å². The molecule has 0 saturated carbocycles. The zero-order chi connectivity index (χ0) is 15.6. The average molecular weight is 297 g/mol. The molecule has 0 amide bonds. The van der Waals surface area contributed by atoms with Crippen LogP contribution in [0.15, 0.2) is 30.6 Å². The van der Waals surface area contributed by atoms with E-state index in [0.29, 0.717) is 12.1 Å². The number of aromatic nitrogens is 2. The summed E-state index contributed by atoms with van der Waals surface area (Å²) in [5.41, 5.74) is 7.80. The Hall–Kier alpha value is -1.82. The third-order valence-electron chi connectivity index (χ3n) is 3.40. The van der Waals surface area contributed by atoms with Gasteiger partial charge in [0.15, 0.2) is 0 Å². The van der Waals surface area contributed by atoms with Crippen LogP contribution in [0.4, 0.5) is 13.2 Å². The summed E-state index contributed by atoms with van der Waals surface area (Å²) in [4.78, 5) is 0. The summed E-state index contributed by atoms with van der Waals surface area (Å²) < 4.78 is 39.3. The first-order valence-electron chi connectivity index (χ1n) is 6.78. The van der Waals surface area contributed by atoms with Gasteiger partial charge in [-0.3, -0.25) is 0 Å². The molecule has 0 aliphatic heterocycles. The average Bonchev–Trinajstić information content (AvgIpc) is 2.88. The highest BCUT2D eigenvalue weighted by Crippen LogP contribution is 2.29. The zero-order valence-electron chi connectivity index (χ0n) is 12.0. The van der Waals surface area contributed by atoms with Gasteiger partial charge in [0.1, 0.15) is 0 Å². The van der Waals surface area contributed by atoms with Gasteiger partial charge in [0.05, 0.1) is 17.4 Å². The van der Waals surface area contributed by atoms with E-state index in [-0.39, 0.29) is 6.04 Å². The lowest BCUT2D eigenvalue weighted by atomic mass is 10.0. The third-order valence-corrected chi connectivity index (χ3v) is 3.40. The number of rotatable bonds is 4. The van der Waals surface area contributed by atoms with E-state index >= 15 is 0 Å². The standard InChI is InChI=1S/C15H18F3N3/c1-3-13(19)7-11-6-10(2)4-5-14(11)21-9-12(8-20-21)15(16,17)18/h4-6,8-9,13H,3,7,19H2,1-2H3. The maximum Gasteiger partial charge on any atom is 0.419 e. The van der Waals surface area contributed by atoms with Crippen LogP contribution in [0.1, 0.15) is 30.0 Å². The number of halogens is 3. The molecule has 0 aliphatic carbocycles. The largest absolute Gasteiger partial charge is 0.419 e. The maximum absolute atomic E-state index is 12.7. The maximum atomic E-state index is 12.7. The summed E-state index contributed by atoms with van der Waals surface area (Å²) in [7, 11) is 0. The molecule has 21 heavy (non-hydrogen) atoms. The molecule has 2 aromatic rings. The predicted molar refractivity (Wildman–Crippen MR) is 75.3 cm³/mol. The van der Waals surface area contributed by atoms with Crippen LogP contribution >= 0.6 is 0 Å². The van der Waals surface area contributed by atoms with Gasteiger partial charge in [-0.15, -0.1) is 0 Å². The van der Waals surface area contributed by atoms with Gasteiger partial charge in [-0.25, -0.2) is 4.68 Å². The first-order chi connectivity index (χ1) is 9.81. The smallest absolute Gasteiger partial charge is 0.327 e. The van der Waals surface area contributed by atoms with E-state index in [4.69, 9.17) is 5.73 Å². The Balaban J connectivity index is 2.41. The molecule has 0 fully saturated rings. The van der Waals surface area contributed by atoms with Crippen molar-refractivity contribution in [1.82, 2.24) is 9.78 Å². The Labute approximate surface area is 121 Å². The number of hydrogen-bond acceptors (Lipinski definition) is 2. The summed E-state index contributed by atoms with van der Waals surface area (Å²) in [5, 5.41) is 3.83. The van der Waals surface area contributed by atoms with Gasteiger partial charge < -0.3 is 5.73 Å². The van der Waals surface area contributed by atoms with Gasteiger partial charge in [0, 0.05) is 12.2 Å². The van der Waals surface area contributed by atoms with Crippen LogP contribution in [-0.2, 0) is 12.6 Å². The Kier molecular flexibility index (Phi) is 4.37. The van der Waals surface area contributed by atoms with Gasteiger partial charge in [0.2, 0.25) is 0 Å². The molecular weight excluding hydrogens is 279 g/mol. The van der Waals surface area contributed by atoms with E-state index in [1.54, 1.807) is 6.07 Å². The van der Waals surface area contributed by atoms with Crippen molar-refractivity contribution in [3.8, 4) is 5.69 Å². The topological polar surface area (TPSA) is 43.8 Å². The fourth-order valence-electron chi connectivity index (χ4n) is 2.13. The molecule has 2 rings (SSSR count). The van der Waals surface area contributed by atoms with Crippen molar-refractivity contribution in [3.05, 3.63) is 47.3 Å². The van der Waals surface area contributed by atoms with E-state index in [0.717, 1.165) is 29.9 Å². The van der Waals surface area contributed by atoms with Gasteiger partial charge in [-0.1, -0.05) is 24.6 Å². The molecule has 3 nitrogen and oxygen atoms in total. The Morgan fingerprint density at radius 3 is 2.62 bits per heavy atom. The second-order valence-corrected chi connectivity index (χ2v) is 5.18. The number of nitrogens with two attached hydrogens (primary N) is 1. The molecule has 0 bridgehead atoms. The van der Waals surface area contributed by atoms with Gasteiger partial charge in [-0.2, -0.15) is 18.3 Å². The first kappa shape index (κ1) is 15.6. The number of aryl methyl sites for hydroxylation is 1. The van der Waals surface area contributed by atoms with E-state index in [2.05, 4.69) is 5.10 Å². The summed E-state index contributed by atoms with van der Waals surface area (Å²) in [6, 6.07) is 5.55. The highest BCUT2D eigenvalue weighted by Gasteiger charge is 2.32. The molecule has 6 heteroatoms. The highest BCUT2D eigenvalue weighted by molar-refractivity contribution is 5.43. The quantitative estimate of drug-likeness (QED) is 0.939. The fraction of sp³-hybridized carbons (Fsp3) is 0.400. The second-order valence-electron chi connectivity index (χ2n) is 5.18. The first-order valence-corrected chi connectivity index (χ1v) is 6.78. The Morgan fingerprint density at radius 1 is 1.33 bits per heavy atom. The highest BCUT2D eigenvalue weighted by atomic mass is 19.4. The van der Waals surface area contributed by atoms with Crippen molar-refractivity contribution in [1.29, 1.82) is 0 Å². The van der Waals surface area contributed by atoms with Crippen molar-refractivity contribution >= 4 is 0 Å². The molecule has 1 heterocycles. The number of hydrogen-bond donors (Lipinski definition) is 1. The summed E-state index contributed by atoms with van der Waals surface area (Å²) in [6.45, 7) is 3.92. The van der Waals surface area contributed by atoms with E-state index in [1.807, 2.05) is 26.0 Å². The fourth-order valence-corrected chi connectivity index (χ4v) is 2.13. The molecule has 0 radical (unpaired) electrons. The van der Waals surface area contributed by atoms with E-state index in [9.17, 15) is 13.2 Å². The van der Waals surface area contributed by atoms with Crippen LogP contribution in [0.25, 0.3) is 5.69 Å². The van der Waals surface area contributed by atoms with E-state index in [1.165, 1.54) is 4.68 Å². The van der Waals surface area contributed by atoms with Crippen molar-refractivity contribution in [2.75, 3.05) is 0 Å². The van der Waals surface area contributed by atoms with Crippen LogP contribution in [-0.4, -0.2) is 15.8 Å².